The molecular weight excluding hydrogens is 212 g/mol. The minimum Gasteiger partial charge on any atom is -0.324 e. The quantitative estimate of drug-likeness (QED) is 0.761. The molecule has 1 aromatic carbocycles. The lowest BCUT2D eigenvalue weighted by molar-refractivity contribution is 0.617. The van der Waals surface area contributed by atoms with Crippen LogP contribution in [0.4, 0.5) is 4.39 Å². The van der Waals surface area contributed by atoms with Gasteiger partial charge in [-0.1, -0.05) is 30.1 Å². The monoisotopic (exact) mass is 221 g/mol. The first kappa shape index (κ1) is 10.8. The van der Waals surface area contributed by atoms with Crippen LogP contribution >= 0.6 is 23.2 Å². The SMILES string of the molecule is CCC(N)c1cc(F)c(Cl)cc1Cl. The molecule has 0 spiro atoms. The van der Waals surface area contributed by atoms with Crippen LogP contribution in [0.1, 0.15) is 24.9 Å². The van der Waals surface area contributed by atoms with Crippen LogP contribution in [0.25, 0.3) is 0 Å². The van der Waals surface area contributed by atoms with Crippen molar-refractivity contribution in [1.82, 2.24) is 0 Å². The van der Waals surface area contributed by atoms with Crippen molar-refractivity contribution >= 4 is 23.2 Å². The van der Waals surface area contributed by atoms with Crippen molar-refractivity contribution < 1.29 is 4.39 Å². The van der Waals surface area contributed by atoms with Gasteiger partial charge in [0.1, 0.15) is 5.82 Å². The van der Waals surface area contributed by atoms with Crippen LogP contribution in [-0.2, 0) is 0 Å². The normalized spacial score (nSPS) is 13.0. The van der Waals surface area contributed by atoms with Crippen LogP contribution in [0.3, 0.4) is 0 Å². The molecule has 0 amide bonds. The average Bonchev–Trinajstić information content (AvgIpc) is 2.10. The third-order valence-electron chi connectivity index (χ3n) is 1.88. The first-order valence-corrected chi connectivity index (χ1v) is 4.71. The number of benzene rings is 1. The van der Waals surface area contributed by atoms with Gasteiger partial charge in [0, 0.05) is 11.1 Å². The van der Waals surface area contributed by atoms with Crippen LogP contribution in [0, 0.1) is 5.82 Å². The van der Waals surface area contributed by atoms with Gasteiger partial charge in [-0.3, -0.25) is 0 Å². The van der Waals surface area contributed by atoms with Gasteiger partial charge in [-0.05, 0) is 24.1 Å². The number of nitrogens with two attached hydrogens (primary N) is 1. The number of halogens is 3. The molecule has 0 saturated heterocycles. The highest BCUT2D eigenvalue weighted by atomic mass is 35.5. The summed E-state index contributed by atoms with van der Waals surface area (Å²) in [6.07, 6.45) is 0.709. The third kappa shape index (κ3) is 2.33. The summed E-state index contributed by atoms with van der Waals surface area (Å²) >= 11 is 11.4. The molecule has 0 heterocycles. The van der Waals surface area contributed by atoms with Gasteiger partial charge in [0.15, 0.2) is 0 Å². The first-order chi connectivity index (χ1) is 6.06. The van der Waals surface area contributed by atoms with E-state index in [0.717, 1.165) is 0 Å². The fourth-order valence-electron chi connectivity index (χ4n) is 1.04. The van der Waals surface area contributed by atoms with Crippen LogP contribution in [0.15, 0.2) is 12.1 Å². The molecule has 0 saturated carbocycles. The maximum atomic E-state index is 13.0. The van der Waals surface area contributed by atoms with Gasteiger partial charge in [-0.25, -0.2) is 4.39 Å². The second kappa shape index (κ2) is 4.27. The molecule has 0 aliphatic heterocycles. The van der Waals surface area contributed by atoms with E-state index in [4.69, 9.17) is 28.9 Å². The molecule has 0 fully saturated rings. The van der Waals surface area contributed by atoms with E-state index in [2.05, 4.69) is 0 Å². The van der Waals surface area contributed by atoms with Crippen LogP contribution in [0.2, 0.25) is 10.0 Å². The fourth-order valence-corrected chi connectivity index (χ4v) is 1.57. The van der Waals surface area contributed by atoms with Crippen molar-refractivity contribution in [2.24, 2.45) is 5.73 Å². The van der Waals surface area contributed by atoms with Crippen molar-refractivity contribution in [1.29, 1.82) is 0 Å². The van der Waals surface area contributed by atoms with Gasteiger partial charge in [0.05, 0.1) is 5.02 Å². The molecule has 1 aromatic rings. The maximum Gasteiger partial charge on any atom is 0.142 e. The Kier molecular flexibility index (Phi) is 3.54. The molecule has 0 aliphatic rings. The minimum absolute atomic E-state index is 0.0250. The van der Waals surface area contributed by atoms with Gasteiger partial charge in [-0.2, -0.15) is 0 Å². The number of hydrogen-bond donors (Lipinski definition) is 1. The second-order valence-corrected chi connectivity index (χ2v) is 3.62. The first-order valence-electron chi connectivity index (χ1n) is 3.96. The molecule has 1 unspecified atom stereocenters. The van der Waals surface area contributed by atoms with Gasteiger partial charge >= 0.3 is 0 Å². The van der Waals surface area contributed by atoms with E-state index >= 15 is 0 Å². The lowest BCUT2D eigenvalue weighted by atomic mass is 10.1. The summed E-state index contributed by atoms with van der Waals surface area (Å²) in [5.74, 6) is -0.482. The number of rotatable bonds is 2. The topological polar surface area (TPSA) is 26.0 Å². The van der Waals surface area contributed by atoms with E-state index in [1.165, 1.54) is 12.1 Å². The Morgan fingerprint density at radius 2 is 2.00 bits per heavy atom. The Morgan fingerprint density at radius 1 is 1.38 bits per heavy atom. The van der Waals surface area contributed by atoms with Crippen LogP contribution in [-0.4, -0.2) is 0 Å². The molecule has 0 radical (unpaired) electrons. The standard InChI is InChI=1S/C9H10Cl2FN/c1-2-9(13)5-3-8(12)7(11)4-6(5)10/h3-4,9H,2,13H2,1H3. The Morgan fingerprint density at radius 3 is 2.54 bits per heavy atom. The van der Waals surface area contributed by atoms with E-state index in [1.807, 2.05) is 6.92 Å². The van der Waals surface area contributed by atoms with Gasteiger partial charge in [-0.15, -0.1) is 0 Å². The molecule has 1 rings (SSSR count). The zero-order valence-corrected chi connectivity index (χ0v) is 8.66. The van der Waals surface area contributed by atoms with Crippen molar-refractivity contribution in [3.63, 3.8) is 0 Å². The molecule has 4 heteroatoms. The fraction of sp³-hybridized carbons (Fsp3) is 0.333. The summed E-state index contributed by atoms with van der Waals surface area (Å²) in [6, 6.07) is 2.43. The molecule has 1 atom stereocenters. The van der Waals surface area contributed by atoms with Gasteiger partial charge < -0.3 is 5.73 Å². The highest BCUT2D eigenvalue weighted by Gasteiger charge is 2.11. The lowest BCUT2D eigenvalue weighted by Crippen LogP contribution is -2.09. The Hall–Kier alpha value is -0.310. The molecule has 0 aliphatic carbocycles. The van der Waals surface area contributed by atoms with E-state index in [9.17, 15) is 4.39 Å². The molecule has 1 nitrogen and oxygen atoms in total. The zero-order valence-electron chi connectivity index (χ0n) is 7.15. The van der Waals surface area contributed by atoms with Gasteiger partial charge in [0.25, 0.3) is 0 Å². The van der Waals surface area contributed by atoms with Crippen molar-refractivity contribution in [2.75, 3.05) is 0 Å². The maximum absolute atomic E-state index is 13.0. The predicted molar refractivity (Wildman–Crippen MR) is 53.6 cm³/mol. The predicted octanol–water partition coefficient (Wildman–Crippen LogP) is 3.54. The number of hydrogen-bond acceptors (Lipinski definition) is 1. The minimum atomic E-state index is -0.482. The molecule has 0 aromatic heterocycles. The summed E-state index contributed by atoms with van der Waals surface area (Å²) in [6.45, 7) is 1.91. The highest BCUT2D eigenvalue weighted by molar-refractivity contribution is 6.35. The zero-order chi connectivity index (χ0) is 10.0. The molecule has 0 bridgehead atoms. The van der Waals surface area contributed by atoms with Crippen LogP contribution in [0.5, 0.6) is 0 Å². The third-order valence-corrected chi connectivity index (χ3v) is 2.50. The van der Waals surface area contributed by atoms with Crippen molar-refractivity contribution in [2.45, 2.75) is 19.4 Å². The largest absolute Gasteiger partial charge is 0.324 e. The Bertz CT molecular complexity index is 315. The Balaban J connectivity index is 3.15. The van der Waals surface area contributed by atoms with E-state index in [1.54, 1.807) is 0 Å². The lowest BCUT2D eigenvalue weighted by Gasteiger charge is -2.11. The molecule has 72 valence electrons. The summed E-state index contributed by atoms with van der Waals surface area (Å²) in [5, 5.41) is 0.442. The molecular formula is C9H10Cl2FN. The van der Waals surface area contributed by atoms with Gasteiger partial charge in [0.2, 0.25) is 0 Å². The average molecular weight is 222 g/mol. The van der Waals surface area contributed by atoms with Crippen molar-refractivity contribution in [3.05, 3.63) is 33.6 Å². The summed E-state index contributed by atoms with van der Waals surface area (Å²) < 4.78 is 13.0. The summed E-state index contributed by atoms with van der Waals surface area (Å²) in [4.78, 5) is 0. The van der Waals surface area contributed by atoms with E-state index in [0.29, 0.717) is 17.0 Å². The Labute approximate surface area is 86.6 Å². The van der Waals surface area contributed by atoms with E-state index < -0.39 is 5.82 Å². The second-order valence-electron chi connectivity index (χ2n) is 2.80. The highest BCUT2D eigenvalue weighted by Crippen LogP contribution is 2.28. The van der Waals surface area contributed by atoms with Crippen LogP contribution < -0.4 is 5.73 Å². The summed E-state index contributed by atoms with van der Waals surface area (Å²) in [7, 11) is 0. The molecule has 13 heavy (non-hydrogen) atoms. The van der Waals surface area contributed by atoms with E-state index in [-0.39, 0.29) is 11.1 Å². The smallest absolute Gasteiger partial charge is 0.142 e. The van der Waals surface area contributed by atoms with Crippen molar-refractivity contribution in [3.8, 4) is 0 Å². The summed E-state index contributed by atoms with van der Waals surface area (Å²) in [5.41, 5.74) is 6.32. The molecule has 2 N–H and O–H groups in total.